The van der Waals surface area contributed by atoms with Crippen LogP contribution in [0.25, 0.3) is 5.69 Å². The highest BCUT2D eigenvalue weighted by Gasteiger charge is 2.23. The Kier molecular flexibility index (Phi) is 5.46. The van der Waals surface area contributed by atoms with E-state index in [4.69, 9.17) is 16.3 Å². The number of nitrogens with one attached hydrogen (secondary N) is 1. The maximum absolute atomic E-state index is 12.4. The average Bonchev–Trinajstić information content (AvgIpc) is 3.06. The third-order valence-corrected chi connectivity index (χ3v) is 3.82. The fourth-order valence-electron chi connectivity index (χ4n) is 2.19. The van der Waals surface area contributed by atoms with Crippen molar-refractivity contribution in [2.75, 3.05) is 5.32 Å². The summed E-state index contributed by atoms with van der Waals surface area (Å²) in [6.45, 7) is 3.10. The van der Waals surface area contributed by atoms with Crippen LogP contribution in [0.4, 0.5) is 5.82 Å². The number of anilines is 1. The summed E-state index contributed by atoms with van der Waals surface area (Å²) < 4.78 is 5.20. The molecule has 3 rings (SSSR count). The van der Waals surface area contributed by atoms with E-state index in [0.717, 1.165) is 0 Å². The van der Waals surface area contributed by atoms with Crippen LogP contribution in [0.1, 0.15) is 23.1 Å². The van der Waals surface area contributed by atoms with Gasteiger partial charge in [0.2, 0.25) is 0 Å². The summed E-state index contributed by atoms with van der Waals surface area (Å²) in [4.78, 5) is 29.8. The molecule has 1 atom stereocenters. The Morgan fingerprint density at radius 3 is 2.56 bits per heavy atom. The van der Waals surface area contributed by atoms with E-state index in [1.165, 1.54) is 17.9 Å². The summed E-state index contributed by atoms with van der Waals surface area (Å²) in [7, 11) is 0. The standard InChI is InChI=1S/C18H16ClN5O3/c1-11-16(23-24(22-11)14-6-4-3-5-7-14)18(26)27-12(2)17(25)21-15-9-8-13(19)10-20-15/h3-10,12H,1-2H3,(H,20,21,25). The van der Waals surface area contributed by atoms with Crippen LogP contribution in [-0.4, -0.2) is 38.0 Å². The van der Waals surface area contributed by atoms with Gasteiger partial charge in [0.05, 0.1) is 16.4 Å². The largest absolute Gasteiger partial charge is 0.448 e. The van der Waals surface area contributed by atoms with Gasteiger partial charge >= 0.3 is 5.97 Å². The third kappa shape index (κ3) is 4.48. The van der Waals surface area contributed by atoms with Gasteiger partial charge in [-0.05, 0) is 38.1 Å². The summed E-state index contributed by atoms with van der Waals surface area (Å²) in [5.41, 5.74) is 1.15. The summed E-state index contributed by atoms with van der Waals surface area (Å²) in [5.74, 6) is -0.953. The second-order valence-corrected chi connectivity index (χ2v) is 6.09. The monoisotopic (exact) mass is 385 g/mol. The number of esters is 1. The predicted molar refractivity (Wildman–Crippen MR) is 98.9 cm³/mol. The van der Waals surface area contributed by atoms with Crippen molar-refractivity contribution in [3.63, 3.8) is 0 Å². The van der Waals surface area contributed by atoms with Gasteiger partial charge in [0.1, 0.15) is 5.82 Å². The van der Waals surface area contributed by atoms with Gasteiger partial charge in [-0.1, -0.05) is 29.8 Å². The molecule has 0 bridgehead atoms. The fourth-order valence-corrected chi connectivity index (χ4v) is 2.30. The molecule has 0 aliphatic rings. The molecule has 27 heavy (non-hydrogen) atoms. The predicted octanol–water partition coefficient (Wildman–Crippen LogP) is 2.81. The summed E-state index contributed by atoms with van der Waals surface area (Å²) in [6.07, 6.45) is 0.357. The minimum atomic E-state index is -1.05. The Balaban J connectivity index is 1.67. The van der Waals surface area contributed by atoms with Gasteiger partial charge < -0.3 is 10.1 Å². The minimum Gasteiger partial charge on any atom is -0.448 e. The van der Waals surface area contributed by atoms with Gasteiger partial charge in [-0.3, -0.25) is 4.79 Å². The molecule has 0 fully saturated rings. The smallest absolute Gasteiger partial charge is 0.361 e. The van der Waals surface area contributed by atoms with E-state index >= 15 is 0 Å². The highest BCUT2D eigenvalue weighted by molar-refractivity contribution is 6.30. The van der Waals surface area contributed by atoms with Crippen molar-refractivity contribution in [2.45, 2.75) is 20.0 Å². The maximum atomic E-state index is 12.4. The highest BCUT2D eigenvalue weighted by Crippen LogP contribution is 2.12. The molecular weight excluding hydrogens is 370 g/mol. The van der Waals surface area contributed by atoms with E-state index in [1.54, 1.807) is 19.1 Å². The first-order valence-corrected chi connectivity index (χ1v) is 8.44. The van der Waals surface area contributed by atoms with E-state index < -0.39 is 18.0 Å². The van der Waals surface area contributed by atoms with Crippen molar-refractivity contribution in [3.8, 4) is 5.69 Å². The minimum absolute atomic E-state index is 0.0446. The number of nitrogens with zero attached hydrogens (tertiary/aromatic N) is 4. The Labute approximate surface area is 160 Å². The lowest BCUT2D eigenvalue weighted by Gasteiger charge is -2.12. The molecule has 3 aromatic rings. The van der Waals surface area contributed by atoms with E-state index in [2.05, 4.69) is 20.5 Å². The number of hydrogen-bond donors (Lipinski definition) is 1. The first kappa shape index (κ1) is 18.5. The van der Waals surface area contributed by atoms with Crippen LogP contribution < -0.4 is 5.32 Å². The zero-order valence-corrected chi connectivity index (χ0v) is 15.3. The molecule has 138 valence electrons. The van der Waals surface area contributed by atoms with E-state index in [1.807, 2.05) is 30.3 Å². The van der Waals surface area contributed by atoms with E-state index in [0.29, 0.717) is 22.2 Å². The van der Waals surface area contributed by atoms with Crippen molar-refractivity contribution in [3.05, 3.63) is 65.1 Å². The van der Waals surface area contributed by atoms with Crippen molar-refractivity contribution >= 4 is 29.3 Å². The maximum Gasteiger partial charge on any atom is 0.361 e. The summed E-state index contributed by atoms with van der Waals surface area (Å²) in [6, 6.07) is 12.3. The molecule has 0 aliphatic carbocycles. The molecule has 0 radical (unpaired) electrons. The molecule has 1 amide bonds. The van der Waals surface area contributed by atoms with E-state index in [-0.39, 0.29) is 5.69 Å². The number of hydrogen-bond acceptors (Lipinski definition) is 6. The Hall–Kier alpha value is -3.26. The number of amides is 1. The number of carbonyl (C=O) groups excluding carboxylic acids is 2. The van der Waals surface area contributed by atoms with Gasteiger partial charge in [0.25, 0.3) is 5.91 Å². The van der Waals surface area contributed by atoms with Crippen LogP contribution in [0.2, 0.25) is 5.02 Å². The second kappa shape index (κ2) is 7.96. The van der Waals surface area contributed by atoms with Crippen LogP contribution in [-0.2, 0) is 9.53 Å². The van der Waals surface area contributed by atoms with Crippen molar-refractivity contribution in [1.29, 1.82) is 0 Å². The molecule has 2 aromatic heterocycles. The normalized spacial score (nSPS) is 11.7. The van der Waals surface area contributed by atoms with Gasteiger partial charge in [0.15, 0.2) is 11.8 Å². The number of halogens is 1. The van der Waals surface area contributed by atoms with Crippen LogP contribution in [0.5, 0.6) is 0 Å². The van der Waals surface area contributed by atoms with Crippen LogP contribution in [0, 0.1) is 6.92 Å². The Bertz CT molecular complexity index is 957. The molecule has 0 saturated heterocycles. The van der Waals surface area contributed by atoms with Crippen LogP contribution in [0.15, 0.2) is 48.7 Å². The van der Waals surface area contributed by atoms with Gasteiger partial charge in [-0.15, -0.1) is 5.10 Å². The topological polar surface area (TPSA) is 99.0 Å². The molecule has 1 N–H and O–H groups in total. The number of para-hydroxylation sites is 1. The van der Waals surface area contributed by atoms with Gasteiger partial charge in [0, 0.05) is 6.20 Å². The molecule has 9 heteroatoms. The third-order valence-electron chi connectivity index (χ3n) is 3.59. The van der Waals surface area contributed by atoms with Crippen LogP contribution >= 0.6 is 11.6 Å². The average molecular weight is 386 g/mol. The molecular formula is C18H16ClN5O3. The number of aromatic nitrogens is 4. The summed E-state index contributed by atoms with van der Waals surface area (Å²) in [5, 5.41) is 11.4. The van der Waals surface area contributed by atoms with Gasteiger partial charge in [-0.25, -0.2) is 9.78 Å². The SMILES string of the molecule is Cc1nn(-c2ccccc2)nc1C(=O)OC(C)C(=O)Nc1ccc(Cl)cn1. The highest BCUT2D eigenvalue weighted by atomic mass is 35.5. The first-order valence-electron chi connectivity index (χ1n) is 8.07. The quantitative estimate of drug-likeness (QED) is 0.678. The van der Waals surface area contributed by atoms with Crippen molar-refractivity contribution in [1.82, 2.24) is 20.0 Å². The molecule has 0 saturated carbocycles. The van der Waals surface area contributed by atoms with Crippen LogP contribution in [0.3, 0.4) is 0 Å². The van der Waals surface area contributed by atoms with Crippen molar-refractivity contribution < 1.29 is 14.3 Å². The molecule has 1 aromatic carbocycles. The lowest BCUT2D eigenvalue weighted by Crippen LogP contribution is -2.30. The zero-order chi connectivity index (χ0) is 19.4. The number of ether oxygens (including phenoxy) is 1. The Morgan fingerprint density at radius 2 is 1.89 bits per heavy atom. The van der Waals surface area contributed by atoms with Gasteiger partial charge in [-0.2, -0.15) is 9.90 Å². The molecule has 0 aliphatic heterocycles. The number of aryl methyl sites for hydroxylation is 1. The molecule has 8 nitrogen and oxygen atoms in total. The Morgan fingerprint density at radius 1 is 1.15 bits per heavy atom. The van der Waals surface area contributed by atoms with E-state index in [9.17, 15) is 9.59 Å². The van der Waals surface area contributed by atoms with Crippen molar-refractivity contribution in [2.24, 2.45) is 0 Å². The fraction of sp³-hybridized carbons (Fsp3) is 0.167. The first-order chi connectivity index (χ1) is 12.9. The number of rotatable bonds is 5. The second-order valence-electron chi connectivity index (χ2n) is 5.66. The lowest BCUT2D eigenvalue weighted by atomic mass is 10.3. The lowest BCUT2D eigenvalue weighted by molar-refractivity contribution is -0.123. The summed E-state index contributed by atoms with van der Waals surface area (Å²) >= 11 is 5.75. The molecule has 0 spiro atoms. The molecule has 2 heterocycles. The number of pyridine rings is 1. The number of benzene rings is 1. The number of carbonyl (C=O) groups is 2. The molecule has 1 unspecified atom stereocenters. The zero-order valence-electron chi connectivity index (χ0n) is 14.6.